The van der Waals surface area contributed by atoms with Crippen LogP contribution in [0.3, 0.4) is 0 Å². The predicted octanol–water partition coefficient (Wildman–Crippen LogP) is 3.00. The number of hydrogen-bond donors (Lipinski definition) is 1. The summed E-state index contributed by atoms with van der Waals surface area (Å²) in [5.41, 5.74) is 7.11. The predicted molar refractivity (Wildman–Crippen MR) is 73.6 cm³/mol. The van der Waals surface area contributed by atoms with E-state index in [4.69, 9.17) is 17.3 Å². The summed E-state index contributed by atoms with van der Waals surface area (Å²) < 4.78 is 15.1. The van der Waals surface area contributed by atoms with Crippen LogP contribution in [-0.2, 0) is 12.0 Å². The fourth-order valence-corrected chi connectivity index (χ4v) is 2.23. The molecule has 1 aromatic heterocycles. The van der Waals surface area contributed by atoms with Gasteiger partial charge in [0.05, 0.1) is 17.3 Å². The lowest BCUT2D eigenvalue weighted by Gasteiger charge is -2.20. The van der Waals surface area contributed by atoms with Crippen LogP contribution in [0.4, 0.5) is 10.2 Å². The van der Waals surface area contributed by atoms with E-state index in [2.05, 4.69) is 10.3 Å². The molecule has 0 bridgehead atoms. The van der Waals surface area contributed by atoms with E-state index in [0.717, 1.165) is 5.69 Å². The van der Waals surface area contributed by atoms with Crippen molar-refractivity contribution in [2.45, 2.75) is 32.7 Å². The monoisotopic (exact) mass is 282 g/mol. The Bertz CT molecular complexity index is 601. The first-order chi connectivity index (χ1) is 8.80. The van der Waals surface area contributed by atoms with Crippen LogP contribution < -0.4 is 5.73 Å². The van der Waals surface area contributed by atoms with Crippen molar-refractivity contribution in [1.29, 1.82) is 0 Å². The molecule has 0 amide bonds. The SMILES string of the molecule is CC(C)(C)c1c(N)nnn1Cc1cccc(F)c1Cl. The number of hydrogen-bond acceptors (Lipinski definition) is 3. The molecule has 2 aromatic rings. The summed E-state index contributed by atoms with van der Waals surface area (Å²) in [4.78, 5) is 0. The van der Waals surface area contributed by atoms with Gasteiger partial charge in [-0.15, -0.1) is 5.10 Å². The Kier molecular flexibility index (Phi) is 3.49. The minimum atomic E-state index is -0.440. The molecule has 0 saturated heterocycles. The van der Waals surface area contributed by atoms with Crippen LogP contribution in [0, 0.1) is 5.82 Å². The first-order valence-corrected chi connectivity index (χ1v) is 6.31. The molecule has 0 aliphatic heterocycles. The van der Waals surface area contributed by atoms with Gasteiger partial charge in [-0.25, -0.2) is 9.07 Å². The zero-order valence-corrected chi connectivity index (χ0v) is 11.9. The largest absolute Gasteiger partial charge is 0.381 e. The molecule has 102 valence electrons. The van der Waals surface area contributed by atoms with Crippen LogP contribution in [0.5, 0.6) is 0 Å². The Balaban J connectivity index is 2.42. The second-order valence-corrected chi connectivity index (χ2v) is 5.82. The quantitative estimate of drug-likeness (QED) is 0.921. The van der Waals surface area contributed by atoms with Crippen molar-refractivity contribution in [1.82, 2.24) is 15.0 Å². The van der Waals surface area contributed by atoms with E-state index < -0.39 is 5.82 Å². The lowest BCUT2D eigenvalue weighted by atomic mass is 9.92. The third kappa shape index (κ3) is 2.71. The third-order valence-electron chi connectivity index (χ3n) is 2.82. The molecule has 0 aliphatic carbocycles. The Morgan fingerprint density at radius 1 is 1.37 bits per heavy atom. The molecule has 4 nitrogen and oxygen atoms in total. The maximum absolute atomic E-state index is 13.4. The van der Waals surface area contributed by atoms with Crippen LogP contribution in [0.25, 0.3) is 0 Å². The highest BCUT2D eigenvalue weighted by Gasteiger charge is 2.24. The Hall–Kier alpha value is -1.62. The molecule has 2 rings (SSSR count). The molecule has 1 aromatic carbocycles. The zero-order valence-electron chi connectivity index (χ0n) is 11.1. The smallest absolute Gasteiger partial charge is 0.169 e. The third-order valence-corrected chi connectivity index (χ3v) is 3.25. The van der Waals surface area contributed by atoms with E-state index in [0.29, 0.717) is 17.9 Å². The van der Waals surface area contributed by atoms with E-state index in [1.807, 2.05) is 20.8 Å². The van der Waals surface area contributed by atoms with Crippen molar-refractivity contribution >= 4 is 17.4 Å². The number of halogens is 2. The topological polar surface area (TPSA) is 56.7 Å². The van der Waals surface area contributed by atoms with Crippen molar-refractivity contribution < 1.29 is 4.39 Å². The van der Waals surface area contributed by atoms with Gasteiger partial charge in [0.2, 0.25) is 0 Å². The van der Waals surface area contributed by atoms with Gasteiger partial charge in [-0.3, -0.25) is 0 Å². The van der Waals surface area contributed by atoms with Gasteiger partial charge in [-0.2, -0.15) is 0 Å². The minimum Gasteiger partial charge on any atom is -0.381 e. The van der Waals surface area contributed by atoms with Gasteiger partial charge in [0.25, 0.3) is 0 Å². The van der Waals surface area contributed by atoms with E-state index in [1.165, 1.54) is 6.07 Å². The fraction of sp³-hybridized carbons (Fsp3) is 0.385. The van der Waals surface area contributed by atoms with Crippen LogP contribution in [0.1, 0.15) is 32.0 Å². The van der Waals surface area contributed by atoms with Crippen molar-refractivity contribution in [3.8, 4) is 0 Å². The molecule has 1 heterocycles. The molecule has 0 aliphatic rings. The zero-order chi connectivity index (χ0) is 14.2. The molecule has 0 radical (unpaired) electrons. The molecule has 19 heavy (non-hydrogen) atoms. The van der Waals surface area contributed by atoms with Crippen molar-refractivity contribution in [2.24, 2.45) is 0 Å². The van der Waals surface area contributed by atoms with Crippen LogP contribution >= 0.6 is 11.6 Å². The van der Waals surface area contributed by atoms with E-state index in [-0.39, 0.29) is 10.4 Å². The highest BCUT2D eigenvalue weighted by atomic mass is 35.5. The second kappa shape index (κ2) is 4.81. The van der Waals surface area contributed by atoms with Crippen molar-refractivity contribution in [2.75, 3.05) is 5.73 Å². The summed E-state index contributed by atoms with van der Waals surface area (Å²) in [5.74, 6) is -0.0513. The molecule has 0 atom stereocenters. The molecule has 2 N–H and O–H groups in total. The molecule has 0 unspecified atom stereocenters. The van der Waals surface area contributed by atoms with Gasteiger partial charge in [0.15, 0.2) is 5.82 Å². The molecule has 0 fully saturated rings. The first-order valence-electron chi connectivity index (χ1n) is 5.93. The van der Waals surface area contributed by atoms with Gasteiger partial charge in [-0.1, -0.05) is 49.7 Å². The van der Waals surface area contributed by atoms with E-state index >= 15 is 0 Å². The molecule has 6 heteroatoms. The maximum Gasteiger partial charge on any atom is 0.169 e. The number of nitrogens with two attached hydrogens (primary N) is 1. The Labute approximate surface area is 116 Å². The highest BCUT2D eigenvalue weighted by Crippen LogP contribution is 2.28. The van der Waals surface area contributed by atoms with Gasteiger partial charge in [0.1, 0.15) is 5.82 Å². The average Bonchev–Trinajstić information content (AvgIpc) is 2.66. The fourth-order valence-electron chi connectivity index (χ4n) is 2.04. The van der Waals surface area contributed by atoms with Crippen LogP contribution in [0.15, 0.2) is 18.2 Å². The second-order valence-electron chi connectivity index (χ2n) is 5.44. The number of anilines is 1. The molecule has 0 saturated carbocycles. The van der Waals surface area contributed by atoms with Gasteiger partial charge >= 0.3 is 0 Å². The number of benzene rings is 1. The number of nitrogens with zero attached hydrogens (tertiary/aromatic N) is 3. The average molecular weight is 283 g/mol. The number of rotatable bonds is 2. The normalized spacial score (nSPS) is 11.8. The van der Waals surface area contributed by atoms with Crippen molar-refractivity contribution in [3.63, 3.8) is 0 Å². The summed E-state index contributed by atoms with van der Waals surface area (Å²) in [5, 5.41) is 8.00. The van der Waals surface area contributed by atoms with E-state index in [9.17, 15) is 4.39 Å². The molecular formula is C13H16ClFN4. The number of aromatic nitrogens is 3. The molecular weight excluding hydrogens is 267 g/mol. The maximum atomic E-state index is 13.4. The summed E-state index contributed by atoms with van der Waals surface area (Å²) in [6, 6.07) is 4.70. The van der Waals surface area contributed by atoms with Gasteiger partial charge in [-0.05, 0) is 11.6 Å². The van der Waals surface area contributed by atoms with E-state index in [1.54, 1.807) is 16.8 Å². The lowest BCUT2D eigenvalue weighted by molar-refractivity contribution is 0.502. The lowest BCUT2D eigenvalue weighted by Crippen LogP contribution is -2.20. The van der Waals surface area contributed by atoms with Gasteiger partial charge in [0, 0.05) is 5.41 Å². The Morgan fingerprint density at radius 2 is 2.05 bits per heavy atom. The summed E-state index contributed by atoms with van der Waals surface area (Å²) >= 11 is 5.95. The highest BCUT2D eigenvalue weighted by molar-refractivity contribution is 6.31. The van der Waals surface area contributed by atoms with Crippen LogP contribution in [0.2, 0.25) is 5.02 Å². The Morgan fingerprint density at radius 3 is 2.68 bits per heavy atom. The van der Waals surface area contributed by atoms with Gasteiger partial charge < -0.3 is 5.73 Å². The number of nitrogen functional groups attached to an aromatic ring is 1. The minimum absolute atomic E-state index is 0.108. The first kappa shape index (κ1) is 13.8. The summed E-state index contributed by atoms with van der Waals surface area (Å²) in [7, 11) is 0. The van der Waals surface area contributed by atoms with Crippen LogP contribution in [-0.4, -0.2) is 15.0 Å². The summed E-state index contributed by atoms with van der Waals surface area (Å²) in [6.07, 6.45) is 0. The standard InChI is InChI=1S/C13H16ClFN4/c1-13(2,3)11-12(16)17-18-19(11)7-8-5-4-6-9(15)10(8)14/h4-6H,7,16H2,1-3H3. The molecule has 0 spiro atoms. The summed E-state index contributed by atoms with van der Waals surface area (Å²) in [6.45, 7) is 6.40. The van der Waals surface area contributed by atoms with Crippen molar-refractivity contribution in [3.05, 3.63) is 40.3 Å².